The number of hydrogen-bond donors (Lipinski definition) is 0. The largest absolute Gasteiger partial charge is 0.491 e. The van der Waals surface area contributed by atoms with Crippen molar-refractivity contribution in [2.45, 2.75) is 39.2 Å². The molecule has 36 heavy (non-hydrogen) atoms. The molecule has 188 valence electrons. The van der Waals surface area contributed by atoms with Crippen LogP contribution in [0.4, 0.5) is 0 Å². The fourth-order valence-electron chi connectivity index (χ4n) is 4.90. The number of amides is 2. The Kier molecular flexibility index (Phi) is 7.35. The van der Waals surface area contributed by atoms with Gasteiger partial charge >= 0.3 is 0 Å². The summed E-state index contributed by atoms with van der Waals surface area (Å²) in [7, 11) is 0. The van der Waals surface area contributed by atoms with Crippen LogP contribution in [0.2, 0.25) is 5.02 Å². The predicted octanol–water partition coefficient (Wildman–Crippen LogP) is 6.08. The Hall–Kier alpha value is -2.83. The van der Waals surface area contributed by atoms with E-state index < -0.39 is 0 Å². The second-order valence-electron chi connectivity index (χ2n) is 9.84. The average Bonchev–Trinajstić information content (AvgIpc) is 3.55. The molecule has 5 nitrogen and oxygen atoms in total. The van der Waals surface area contributed by atoms with Gasteiger partial charge in [0.25, 0.3) is 5.91 Å². The van der Waals surface area contributed by atoms with Crippen molar-refractivity contribution in [1.29, 1.82) is 0 Å². The second-order valence-corrected chi connectivity index (χ2v) is 11.2. The molecule has 0 spiro atoms. The number of fused-ring (bicyclic) bond motifs is 1. The molecule has 2 heterocycles. The molecule has 2 aromatic carbocycles. The number of rotatable bonds is 8. The van der Waals surface area contributed by atoms with Gasteiger partial charge in [-0.1, -0.05) is 41.4 Å². The van der Waals surface area contributed by atoms with Gasteiger partial charge in [-0.25, -0.2) is 0 Å². The number of aryl methyl sites for hydroxylation is 2. The molecule has 1 aliphatic carbocycles. The zero-order chi connectivity index (χ0) is 25.2. The van der Waals surface area contributed by atoms with Crippen LogP contribution < -0.4 is 4.74 Å². The third-order valence-corrected chi connectivity index (χ3v) is 8.36. The smallest absolute Gasteiger partial charge is 0.255 e. The molecular weight excluding hydrogens is 492 g/mol. The van der Waals surface area contributed by atoms with Crippen molar-refractivity contribution >= 4 is 34.8 Å². The maximum absolute atomic E-state index is 13.7. The van der Waals surface area contributed by atoms with Gasteiger partial charge in [-0.15, -0.1) is 11.3 Å². The third-order valence-electron chi connectivity index (χ3n) is 7.04. The molecule has 3 aromatic rings. The summed E-state index contributed by atoms with van der Waals surface area (Å²) in [5.74, 6) is 1.05. The summed E-state index contributed by atoms with van der Waals surface area (Å²) >= 11 is 8.06. The molecule has 0 bridgehead atoms. The molecule has 1 aliphatic heterocycles. The molecule has 5 rings (SSSR count). The lowest BCUT2D eigenvalue weighted by Gasteiger charge is -2.37. The number of carbonyl (C=O) groups is 2. The molecule has 1 aromatic heterocycles. The number of benzene rings is 2. The van der Waals surface area contributed by atoms with Crippen LogP contribution in [-0.2, 0) is 11.2 Å². The summed E-state index contributed by atoms with van der Waals surface area (Å²) in [6.07, 6.45) is 3.00. The van der Waals surface area contributed by atoms with E-state index in [1.807, 2.05) is 30.0 Å². The van der Waals surface area contributed by atoms with Crippen molar-refractivity contribution in [2.75, 3.05) is 26.2 Å². The lowest BCUT2D eigenvalue weighted by Crippen LogP contribution is -2.48. The predicted molar refractivity (Wildman–Crippen MR) is 144 cm³/mol. The molecule has 7 heteroatoms. The SMILES string of the molecule is Cc1ccc(OCC2c3ccsc3CCN2C(=O)CN(CC2CC2)C(=O)c2ccccc2Cl)c(C)c1. The first-order valence-electron chi connectivity index (χ1n) is 12.5. The highest BCUT2D eigenvalue weighted by atomic mass is 35.5. The van der Waals surface area contributed by atoms with Crippen molar-refractivity contribution in [3.63, 3.8) is 0 Å². The summed E-state index contributed by atoms with van der Waals surface area (Å²) < 4.78 is 6.26. The van der Waals surface area contributed by atoms with Crippen molar-refractivity contribution < 1.29 is 14.3 Å². The Morgan fingerprint density at radius 1 is 1.14 bits per heavy atom. The second kappa shape index (κ2) is 10.7. The van der Waals surface area contributed by atoms with Gasteiger partial charge < -0.3 is 14.5 Å². The van der Waals surface area contributed by atoms with Gasteiger partial charge in [-0.2, -0.15) is 0 Å². The minimum absolute atomic E-state index is 0.0418. The first-order chi connectivity index (χ1) is 17.4. The highest BCUT2D eigenvalue weighted by Gasteiger charge is 2.35. The zero-order valence-corrected chi connectivity index (χ0v) is 22.3. The molecule has 1 saturated carbocycles. The number of hydrogen-bond acceptors (Lipinski definition) is 4. The summed E-state index contributed by atoms with van der Waals surface area (Å²) in [6, 6.07) is 15.1. The Bertz CT molecular complexity index is 1270. The van der Waals surface area contributed by atoms with Crippen molar-refractivity contribution in [1.82, 2.24) is 9.80 Å². The third kappa shape index (κ3) is 5.45. The van der Waals surface area contributed by atoms with Gasteiger partial charge in [0.05, 0.1) is 16.6 Å². The van der Waals surface area contributed by atoms with Crippen molar-refractivity contribution in [3.8, 4) is 5.75 Å². The molecule has 2 aliphatic rings. The summed E-state index contributed by atoms with van der Waals surface area (Å²) in [5.41, 5.74) is 3.86. The van der Waals surface area contributed by atoms with Crippen molar-refractivity contribution in [3.05, 3.63) is 86.1 Å². The first-order valence-corrected chi connectivity index (χ1v) is 13.8. The van der Waals surface area contributed by atoms with Gasteiger partial charge in [0.2, 0.25) is 5.91 Å². The molecule has 1 unspecified atom stereocenters. The van der Waals surface area contributed by atoms with E-state index in [2.05, 4.69) is 24.4 Å². The standard InChI is InChI=1S/C29H31ClN2O3S/c1-19-7-10-26(20(2)15-19)35-18-25-23-12-14-36-27(23)11-13-32(25)28(33)17-31(16-21-8-9-21)29(34)22-5-3-4-6-24(22)30/h3-7,10,12,14-15,21,25H,8-9,11,13,16-18H2,1-2H3. The van der Waals surface area contributed by atoms with Crippen LogP contribution in [0, 0.1) is 19.8 Å². The van der Waals surface area contributed by atoms with Crippen LogP contribution in [-0.4, -0.2) is 47.9 Å². The van der Waals surface area contributed by atoms with E-state index in [4.69, 9.17) is 16.3 Å². The normalized spacial score (nSPS) is 17.0. The summed E-state index contributed by atoms with van der Waals surface area (Å²) in [5, 5.41) is 2.50. The lowest BCUT2D eigenvalue weighted by atomic mass is 10.00. The van der Waals surface area contributed by atoms with Crippen LogP contribution in [0.5, 0.6) is 5.75 Å². The molecule has 0 N–H and O–H groups in total. The number of carbonyl (C=O) groups excluding carboxylic acids is 2. The molecule has 1 fully saturated rings. The number of ether oxygens (including phenoxy) is 1. The first kappa shape index (κ1) is 24.8. The quantitative estimate of drug-likeness (QED) is 0.360. The van der Waals surface area contributed by atoms with E-state index >= 15 is 0 Å². The highest BCUT2D eigenvalue weighted by Crippen LogP contribution is 2.35. The minimum Gasteiger partial charge on any atom is -0.491 e. The Balaban J connectivity index is 1.36. The average molecular weight is 523 g/mol. The van der Waals surface area contributed by atoms with Crippen molar-refractivity contribution in [2.24, 2.45) is 5.92 Å². The number of nitrogens with zero attached hydrogens (tertiary/aromatic N) is 2. The summed E-state index contributed by atoms with van der Waals surface area (Å²) in [6.45, 7) is 5.72. The van der Waals surface area contributed by atoms with E-state index in [1.54, 1.807) is 34.4 Å². The monoisotopic (exact) mass is 522 g/mol. The topological polar surface area (TPSA) is 49.9 Å². The fraction of sp³-hybridized carbons (Fsp3) is 0.379. The highest BCUT2D eigenvalue weighted by molar-refractivity contribution is 7.10. The molecule has 0 radical (unpaired) electrons. The Labute approximate surface area is 221 Å². The van der Waals surface area contributed by atoms with E-state index in [0.717, 1.165) is 36.1 Å². The van der Waals surface area contributed by atoms with E-state index in [0.29, 0.717) is 36.2 Å². The van der Waals surface area contributed by atoms with E-state index in [1.165, 1.54) is 10.4 Å². The van der Waals surface area contributed by atoms with Crippen LogP contribution in [0.1, 0.15) is 50.8 Å². The summed E-state index contributed by atoms with van der Waals surface area (Å²) in [4.78, 5) is 32.0. The van der Waals surface area contributed by atoms with Gasteiger partial charge in [0.1, 0.15) is 18.9 Å². The maximum Gasteiger partial charge on any atom is 0.255 e. The molecular formula is C29H31ClN2O3S. The Morgan fingerprint density at radius 2 is 1.94 bits per heavy atom. The Morgan fingerprint density at radius 3 is 2.69 bits per heavy atom. The lowest BCUT2D eigenvalue weighted by molar-refractivity contribution is -0.135. The number of thiophene rings is 1. The van der Waals surface area contributed by atoms with E-state index in [-0.39, 0.29) is 24.4 Å². The van der Waals surface area contributed by atoms with Crippen LogP contribution in [0.3, 0.4) is 0 Å². The van der Waals surface area contributed by atoms with Gasteiger partial charge in [-0.05, 0) is 79.8 Å². The maximum atomic E-state index is 13.7. The van der Waals surface area contributed by atoms with Crippen LogP contribution in [0.25, 0.3) is 0 Å². The van der Waals surface area contributed by atoms with Crippen LogP contribution >= 0.6 is 22.9 Å². The minimum atomic E-state index is -0.189. The molecule has 1 atom stereocenters. The van der Waals surface area contributed by atoms with E-state index in [9.17, 15) is 9.59 Å². The number of halogens is 1. The van der Waals surface area contributed by atoms with Gasteiger partial charge in [0, 0.05) is 18.0 Å². The van der Waals surface area contributed by atoms with Gasteiger partial charge in [0.15, 0.2) is 0 Å². The zero-order valence-electron chi connectivity index (χ0n) is 20.7. The fourth-order valence-corrected chi connectivity index (χ4v) is 6.04. The molecule has 2 amide bonds. The molecule has 0 saturated heterocycles. The van der Waals surface area contributed by atoms with Gasteiger partial charge in [-0.3, -0.25) is 9.59 Å². The van der Waals surface area contributed by atoms with Crippen LogP contribution in [0.15, 0.2) is 53.9 Å².